The molecule has 2 aromatic rings. The van der Waals surface area contributed by atoms with Gasteiger partial charge in [0, 0.05) is 11.8 Å². The summed E-state index contributed by atoms with van der Waals surface area (Å²) in [7, 11) is 0. The van der Waals surface area contributed by atoms with Crippen molar-refractivity contribution in [3.63, 3.8) is 0 Å². The molecule has 0 bridgehead atoms. The van der Waals surface area contributed by atoms with Crippen molar-refractivity contribution < 1.29 is 0 Å². The van der Waals surface area contributed by atoms with Crippen LogP contribution in [-0.2, 0) is 12.8 Å². The monoisotopic (exact) mass is 337 g/mol. The summed E-state index contributed by atoms with van der Waals surface area (Å²) in [5.41, 5.74) is 7.46. The standard InChI is InChI=1S/C24H35N/c1-18-16-19(11-13-23(2,3)4)22(21-10-8-9-15-25-21)20(17-18)12-14-24(5,6)7/h8-10,15-17H,11-14H2,1-7H3. The molecule has 0 saturated carbocycles. The molecule has 136 valence electrons. The van der Waals surface area contributed by atoms with Crippen molar-refractivity contribution >= 4 is 0 Å². The van der Waals surface area contributed by atoms with E-state index in [1.54, 1.807) is 0 Å². The Kier molecular flexibility index (Phi) is 6.08. The van der Waals surface area contributed by atoms with Gasteiger partial charge in [-0.1, -0.05) is 65.3 Å². The molecule has 0 unspecified atom stereocenters. The van der Waals surface area contributed by atoms with Crippen LogP contribution in [0.5, 0.6) is 0 Å². The first kappa shape index (κ1) is 19.7. The van der Waals surface area contributed by atoms with Crippen LogP contribution in [0.25, 0.3) is 11.3 Å². The maximum atomic E-state index is 4.69. The highest BCUT2D eigenvalue weighted by molar-refractivity contribution is 5.68. The molecule has 0 radical (unpaired) electrons. The van der Waals surface area contributed by atoms with Gasteiger partial charge >= 0.3 is 0 Å². The summed E-state index contributed by atoms with van der Waals surface area (Å²) in [5, 5.41) is 0. The lowest BCUT2D eigenvalue weighted by Crippen LogP contribution is -2.10. The Morgan fingerprint density at radius 3 is 1.72 bits per heavy atom. The highest BCUT2D eigenvalue weighted by Crippen LogP contribution is 2.33. The number of pyridine rings is 1. The maximum Gasteiger partial charge on any atom is 0.0707 e. The first-order valence-electron chi connectivity index (χ1n) is 9.59. The van der Waals surface area contributed by atoms with Crippen LogP contribution >= 0.6 is 0 Å². The van der Waals surface area contributed by atoms with Crippen molar-refractivity contribution in [2.75, 3.05) is 0 Å². The average Bonchev–Trinajstić information content (AvgIpc) is 2.50. The average molecular weight is 338 g/mol. The molecule has 1 aromatic heterocycles. The molecule has 0 aliphatic rings. The molecule has 0 spiro atoms. The minimum absolute atomic E-state index is 0.344. The van der Waals surface area contributed by atoms with Gasteiger partial charge in [0.25, 0.3) is 0 Å². The number of hydrogen-bond donors (Lipinski definition) is 0. The van der Waals surface area contributed by atoms with E-state index in [1.165, 1.54) is 35.1 Å². The second-order valence-corrected chi connectivity index (χ2v) is 9.79. The van der Waals surface area contributed by atoms with E-state index >= 15 is 0 Å². The molecule has 0 atom stereocenters. The fourth-order valence-corrected chi connectivity index (χ4v) is 3.20. The number of aromatic nitrogens is 1. The third kappa shape index (κ3) is 6.30. The van der Waals surface area contributed by atoms with Crippen LogP contribution in [0, 0.1) is 17.8 Å². The van der Waals surface area contributed by atoms with Gasteiger partial charge in [0.15, 0.2) is 0 Å². The van der Waals surface area contributed by atoms with Crippen LogP contribution in [0.2, 0.25) is 0 Å². The van der Waals surface area contributed by atoms with Gasteiger partial charge in [-0.25, -0.2) is 0 Å². The largest absolute Gasteiger partial charge is 0.256 e. The summed E-state index contributed by atoms with van der Waals surface area (Å²) in [6, 6.07) is 11.0. The molecule has 0 fully saturated rings. The van der Waals surface area contributed by atoms with Crippen molar-refractivity contribution in [2.24, 2.45) is 10.8 Å². The maximum absolute atomic E-state index is 4.69. The van der Waals surface area contributed by atoms with Crippen molar-refractivity contribution in [3.8, 4) is 11.3 Å². The Balaban J connectivity index is 2.48. The summed E-state index contributed by atoms with van der Waals surface area (Å²) < 4.78 is 0. The molecule has 0 N–H and O–H groups in total. The molecule has 2 rings (SSSR count). The predicted octanol–water partition coefficient (Wildman–Crippen LogP) is 7.01. The van der Waals surface area contributed by atoms with Crippen molar-refractivity contribution in [1.82, 2.24) is 4.98 Å². The van der Waals surface area contributed by atoms with Gasteiger partial charge < -0.3 is 0 Å². The molecule has 1 heterocycles. The topological polar surface area (TPSA) is 12.9 Å². The van der Waals surface area contributed by atoms with Gasteiger partial charge in [-0.2, -0.15) is 0 Å². The number of benzene rings is 1. The number of aryl methyl sites for hydroxylation is 3. The third-order valence-electron chi connectivity index (χ3n) is 4.66. The molecular weight excluding hydrogens is 302 g/mol. The Morgan fingerprint density at radius 1 is 0.800 bits per heavy atom. The lowest BCUT2D eigenvalue weighted by molar-refractivity contribution is 0.376. The van der Waals surface area contributed by atoms with Crippen molar-refractivity contribution in [1.29, 1.82) is 0 Å². The van der Waals surface area contributed by atoms with Gasteiger partial charge in [0.1, 0.15) is 0 Å². The molecule has 0 aliphatic heterocycles. The van der Waals surface area contributed by atoms with E-state index in [2.05, 4.69) is 77.7 Å². The molecule has 25 heavy (non-hydrogen) atoms. The van der Waals surface area contributed by atoms with Crippen molar-refractivity contribution in [3.05, 3.63) is 53.2 Å². The Labute approximate surface area is 154 Å². The second kappa shape index (κ2) is 7.72. The first-order valence-corrected chi connectivity index (χ1v) is 9.59. The number of hydrogen-bond acceptors (Lipinski definition) is 1. The van der Waals surface area contributed by atoms with Gasteiger partial charge in [0.05, 0.1) is 5.69 Å². The SMILES string of the molecule is Cc1cc(CCC(C)(C)C)c(-c2ccccn2)c(CCC(C)(C)C)c1. The lowest BCUT2D eigenvalue weighted by Gasteiger charge is -2.23. The zero-order chi connectivity index (χ0) is 18.7. The summed E-state index contributed by atoms with van der Waals surface area (Å²) in [4.78, 5) is 4.69. The van der Waals surface area contributed by atoms with Gasteiger partial charge in [0.2, 0.25) is 0 Å². The Bertz CT molecular complexity index is 645. The molecule has 0 saturated heterocycles. The summed E-state index contributed by atoms with van der Waals surface area (Å²) in [6.07, 6.45) is 6.51. The summed E-state index contributed by atoms with van der Waals surface area (Å²) in [5.74, 6) is 0. The van der Waals surface area contributed by atoms with Crippen molar-refractivity contribution in [2.45, 2.75) is 74.1 Å². The van der Waals surface area contributed by atoms with Crippen LogP contribution in [0.1, 0.15) is 71.1 Å². The third-order valence-corrected chi connectivity index (χ3v) is 4.66. The summed E-state index contributed by atoms with van der Waals surface area (Å²) in [6.45, 7) is 16.2. The molecule has 0 amide bonds. The Morgan fingerprint density at radius 2 is 1.32 bits per heavy atom. The number of nitrogens with zero attached hydrogens (tertiary/aromatic N) is 1. The van der Waals surface area contributed by atoms with Crippen LogP contribution in [0.4, 0.5) is 0 Å². The van der Waals surface area contributed by atoms with Crippen LogP contribution in [0.3, 0.4) is 0 Å². The van der Waals surface area contributed by atoms with Gasteiger partial charge in [-0.15, -0.1) is 0 Å². The quantitative estimate of drug-likeness (QED) is 0.571. The predicted molar refractivity (Wildman–Crippen MR) is 110 cm³/mol. The van der Waals surface area contributed by atoms with E-state index in [1.807, 2.05) is 12.3 Å². The Hall–Kier alpha value is -1.63. The lowest BCUT2D eigenvalue weighted by atomic mass is 9.82. The number of rotatable bonds is 5. The van der Waals surface area contributed by atoms with E-state index < -0.39 is 0 Å². The van der Waals surface area contributed by atoms with Crippen LogP contribution in [-0.4, -0.2) is 4.98 Å². The minimum atomic E-state index is 0.344. The zero-order valence-electron chi connectivity index (χ0n) is 17.2. The van der Waals surface area contributed by atoms with Gasteiger partial charge in [-0.3, -0.25) is 4.98 Å². The van der Waals surface area contributed by atoms with E-state index in [4.69, 9.17) is 0 Å². The van der Waals surface area contributed by atoms with E-state index in [-0.39, 0.29) is 0 Å². The fraction of sp³-hybridized carbons (Fsp3) is 0.542. The molecule has 1 aromatic carbocycles. The van der Waals surface area contributed by atoms with E-state index in [0.29, 0.717) is 10.8 Å². The van der Waals surface area contributed by atoms with Crippen LogP contribution in [0.15, 0.2) is 36.5 Å². The summed E-state index contributed by atoms with van der Waals surface area (Å²) >= 11 is 0. The normalized spacial score (nSPS) is 12.4. The fourth-order valence-electron chi connectivity index (χ4n) is 3.20. The van der Waals surface area contributed by atoms with E-state index in [9.17, 15) is 0 Å². The minimum Gasteiger partial charge on any atom is -0.256 e. The molecular formula is C24H35N. The van der Waals surface area contributed by atoms with Gasteiger partial charge in [-0.05, 0) is 66.7 Å². The molecule has 1 heteroatoms. The highest BCUT2D eigenvalue weighted by Gasteiger charge is 2.18. The smallest absolute Gasteiger partial charge is 0.0707 e. The zero-order valence-corrected chi connectivity index (χ0v) is 17.2. The van der Waals surface area contributed by atoms with E-state index in [0.717, 1.165) is 18.5 Å². The highest BCUT2D eigenvalue weighted by atomic mass is 14.7. The van der Waals surface area contributed by atoms with Crippen LogP contribution < -0.4 is 0 Å². The second-order valence-electron chi connectivity index (χ2n) is 9.79. The first-order chi connectivity index (χ1) is 11.6. The molecule has 1 nitrogen and oxygen atoms in total. The molecule has 0 aliphatic carbocycles.